The lowest BCUT2D eigenvalue weighted by molar-refractivity contribution is 1.23. The molecule has 0 unspecified atom stereocenters. The second-order valence-corrected chi connectivity index (χ2v) is 6.25. The lowest BCUT2D eigenvalue weighted by Gasteiger charge is -2.12. The average molecular weight is 268 g/mol. The van der Waals surface area contributed by atoms with Gasteiger partial charge in [0.1, 0.15) is 0 Å². The maximum atomic E-state index is 2.35. The van der Waals surface area contributed by atoms with Gasteiger partial charge in [0.2, 0.25) is 0 Å². The second kappa shape index (κ2) is 3.85. The van der Waals surface area contributed by atoms with Gasteiger partial charge in [-0.25, -0.2) is 0 Å². The number of benzene rings is 3. The third-order valence-electron chi connectivity index (χ3n) is 5.04. The fourth-order valence-electron chi connectivity index (χ4n) is 4.14. The first-order valence-corrected chi connectivity index (χ1v) is 7.65. The lowest BCUT2D eigenvalue weighted by Crippen LogP contribution is -1.88. The van der Waals surface area contributed by atoms with Gasteiger partial charge in [0.15, 0.2) is 0 Å². The van der Waals surface area contributed by atoms with E-state index >= 15 is 0 Å². The van der Waals surface area contributed by atoms with Gasteiger partial charge >= 0.3 is 0 Å². The molecule has 0 atom stereocenters. The minimum atomic E-state index is 1.08. The summed E-state index contributed by atoms with van der Waals surface area (Å²) in [5, 5.41) is 0. The molecule has 0 radical (unpaired) electrons. The van der Waals surface area contributed by atoms with Gasteiger partial charge in [-0.2, -0.15) is 0 Å². The molecular weight excluding hydrogens is 252 g/mol. The molecule has 21 heavy (non-hydrogen) atoms. The van der Waals surface area contributed by atoms with Crippen LogP contribution >= 0.6 is 0 Å². The highest BCUT2D eigenvalue weighted by atomic mass is 14.3. The molecule has 100 valence electrons. The van der Waals surface area contributed by atoms with Gasteiger partial charge in [-0.3, -0.25) is 0 Å². The summed E-state index contributed by atoms with van der Waals surface area (Å²) >= 11 is 0. The summed E-state index contributed by atoms with van der Waals surface area (Å²) in [6.07, 6.45) is 2.17. The maximum absolute atomic E-state index is 2.35. The highest BCUT2D eigenvalue weighted by Gasteiger charge is 2.28. The van der Waals surface area contributed by atoms with Crippen molar-refractivity contribution in [1.82, 2.24) is 0 Å². The topological polar surface area (TPSA) is 0 Å². The molecule has 0 amide bonds. The van der Waals surface area contributed by atoms with Crippen LogP contribution in [-0.2, 0) is 12.8 Å². The van der Waals surface area contributed by atoms with E-state index < -0.39 is 0 Å². The van der Waals surface area contributed by atoms with Crippen molar-refractivity contribution < 1.29 is 0 Å². The fraction of sp³-hybridized carbons (Fsp3) is 0.143. The first kappa shape index (κ1) is 11.3. The molecule has 3 aromatic carbocycles. The first-order chi connectivity index (χ1) is 10.3. The van der Waals surface area contributed by atoms with Crippen molar-refractivity contribution in [2.24, 2.45) is 0 Å². The average Bonchev–Trinajstić information content (AvgIpc) is 3.04. The Morgan fingerprint density at radius 2 is 1.24 bits per heavy atom. The maximum Gasteiger partial charge on any atom is -0.00131 e. The molecule has 0 bridgehead atoms. The Kier molecular flexibility index (Phi) is 2.08. The highest BCUT2D eigenvalue weighted by molar-refractivity contribution is 5.96. The van der Waals surface area contributed by atoms with Crippen molar-refractivity contribution in [3.05, 3.63) is 82.4 Å². The standard InChI is InChI=1S/C21H16/c1-13-5-4-7-15-12-17-10-9-16-11-14-6-2-3-8-18(14)20(16)21(17)19(13)15/h2-10H,11-12H2,1H3. The molecule has 0 nitrogen and oxygen atoms in total. The summed E-state index contributed by atoms with van der Waals surface area (Å²) in [5.41, 5.74) is 13.3. The molecule has 0 heteroatoms. The van der Waals surface area contributed by atoms with E-state index in [4.69, 9.17) is 0 Å². The SMILES string of the molecule is Cc1cccc2c1-c1c(ccc3c1-c1ccccc1C3)C2. The Bertz CT molecular complexity index is 900. The van der Waals surface area contributed by atoms with Crippen LogP contribution in [0.2, 0.25) is 0 Å². The van der Waals surface area contributed by atoms with Crippen LogP contribution in [0.4, 0.5) is 0 Å². The Balaban J connectivity index is 1.91. The molecule has 0 saturated heterocycles. The molecule has 5 rings (SSSR count). The van der Waals surface area contributed by atoms with Crippen molar-refractivity contribution in [3.63, 3.8) is 0 Å². The quantitative estimate of drug-likeness (QED) is 0.365. The van der Waals surface area contributed by atoms with Gasteiger partial charge in [0.25, 0.3) is 0 Å². The number of rotatable bonds is 0. The summed E-state index contributed by atoms with van der Waals surface area (Å²) in [7, 11) is 0. The number of aryl methyl sites for hydroxylation is 1. The van der Waals surface area contributed by atoms with Gasteiger partial charge < -0.3 is 0 Å². The second-order valence-electron chi connectivity index (χ2n) is 6.25. The molecule has 0 spiro atoms. The number of fused-ring (bicyclic) bond motifs is 7. The van der Waals surface area contributed by atoms with Crippen LogP contribution in [0.3, 0.4) is 0 Å². The van der Waals surface area contributed by atoms with Crippen LogP contribution in [0, 0.1) is 6.92 Å². The van der Waals surface area contributed by atoms with Crippen molar-refractivity contribution >= 4 is 0 Å². The minimum Gasteiger partial charge on any atom is -0.0619 e. The predicted molar refractivity (Wildman–Crippen MR) is 87.7 cm³/mol. The van der Waals surface area contributed by atoms with Gasteiger partial charge in [0.05, 0.1) is 0 Å². The van der Waals surface area contributed by atoms with Crippen molar-refractivity contribution in [2.45, 2.75) is 19.8 Å². The number of hydrogen-bond donors (Lipinski definition) is 0. The molecule has 0 fully saturated rings. The van der Waals surface area contributed by atoms with Gasteiger partial charge in [0, 0.05) is 0 Å². The van der Waals surface area contributed by atoms with Crippen LogP contribution in [-0.4, -0.2) is 0 Å². The Hall–Kier alpha value is -2.34. The van der Waals surface area contributed by atoms with Crippen LogP contribution in [0.5, 0.6) is 0 Å². The highest BCUT2D eigenvalue weighted by Crippen LogP contribution is 2.49. The third-order valence-corrected chi connectivity index (χ3v) is 5.04. The Labute approximate surface area is 125 Å². The van der Waals surface area contributed by atoms with E-state index in [9.17, 15) is 0 Å². The van der Waals surface area contributed by atoms with E-state index in [1.165, 1.54) is 50.1 Å². The van der Waals surface area contributed by atoms with Crippen LogP contribution in [0.15, 0.2) is 54.6 Å². The summed E-state index contributed by atoms with van der Waals surface area (Å²) in [6, 6.07) is 20.3. The largest absolute Gasteiger partial charge is 0.0619 e. The smallest absolute Gasteiger partial charge is 0.00131 e. The van der Waals surface area contributed by atoms with Crippen molar-refractivity contribution in [3.8, 4) is 22.3 Å². The lowest BCUT2D eigenvalue weighted by atomic mass is 9.92. The van der Waals surface area contributed by atoms with E-state index in [0.29, 0.717) is 0 Å². The predicted octanol–water partition coefficient (Wildman–Crippen LogP) is 5.14. The van der Waals surface area contributed by atoms with E-state index in [0.717, 1.165) is 12.8 Å². The van der Waals surface area contributed by atoms with Crippen LogP contribution < -0.4 is 0 Å². The molecule has 0 N–H and O–H groups in total. The number of hydrogen-bond acceptors (Lipinski definition) is 0. The molecule has 0 saturated carbocycles. The zero-order valence-corrected chi connectivity index (χ0v) is 12.1. The zero-order valence-electron chi connectivity index (χ0n) is 12.1. The van der Waals surface area contributed by atoms with Gasteiger partial charge in [-0.05, 0) is 69.8 Å². The summed E-state index contributed by atoms with van der Waals surface area (Å²) in [6.45, 7) is 2.24. The molecule has 0 aliphatic heterocycles. The molecule has 0 aromatic heterocycles. The Morgan fingerprint density at radius 1 is 0.571 bits per heavy atom. The minimum absolute atomic E-state index is 1.08. The molecule has 0 heterocycles. The first-order valence-electron chi connectivity index (χ1n) is 7.65. The van der Waals surface area contributed by atoms with Crippen molar-refractivity contribution in [1.29, 1.82) is 0 Å². The van der Waals surface area contributed by atoms with E-state index in [-0.39, 0.29) is 0 Å². The monoisotopic (exact) mass is 268 g/mol. The molecular formula is C21H16. The molecule has 2 aliphatic rings. The van der Waals surface area contributed by atoms with E-state index in [2.05, 4.69) is 61.5 Å². The van der Waals surface area contributed by atoms with Gasteiger partial charge in [-0.1, -0.05) is 54.6 Å². The Morgan fingerprint density at radius 3 is 2.14 bits per heavy atom. The molecule has 2 aliphatic carbocycles. The van der Waals surface area contributed by atoms with Crippen LogP contribution in [0.1, 0.15) is 27.8 Å². The normalized spacial score (nSPS) is 13.6. The zero-order chi connectivity index (χ0) is 14.0. The summed E-state index contributed by atoms with van der Waals surface area (Å²) in [5.74, 6) is 0. The van der Waals surface area contributed by atoms with E-state index in [1.54, 1.807) is 0 Å². The van der Waals surface area contributed by atoms with Crippen LogP contribution in [0.25, 0.3) is 22.3 Å². The summed E-state index contributed by atoms with van der Waals surface area (Å²) in [4.78, 5) is 0. The molecule has 3 aromatic rings. The van der Waals surface area contributed by atoms with E-state index in [1.807, 2.05) is 0 Å². The summed E-state index contributed by atoms with van der Waals surface area (Å²) < 4.78 is 0. The van der Waals surface area contributed by atoms with Gasteiger partial charge in [-0.15, -0.1) is 0 Å². The third kappa shape index (κ3) is 1.40. The van der Waals surface area contributed by atoms with Crippen molar-refractivity contribution in [2.75, 3.05) is 0 Å². The fourth-order valence-corrected chi connectivity index (χ4v) is 4.14.